The Bertz CT molecular complexity index is 357. The molecule has 0 amide bonds. The number of carbonyl (C=O) groups is 3. The first kappa shape index (κ1) is 19.7. The minimum Gasteiger partial charge on any atom is -0.550 e. The summed E-state index contributed by atoms with van der Waals surface area (Å²) in [5.41, 5.74) is 0. The molecule has 0 saturated heterocycles. The lowest BCUT2D eigenvalue weighted by atomic mass is 9.81. The topological polar surface area (TPSA) is 97.3 Å². The van der Waals surface area contributed by atoms with Gasteiger partial charge in [0.15, 0.2) is 0 Å². The van der Waals surface area contributed by atoms with Gasteiger partial charge in [-0.3, -0.25) is 4.79 Å². The second-order valence-electron chi connectivity index (χ2n) is 6.67. The van der Waals surface area contributed by atoms with Gasteiger partial charge in [0.25, 0.3) is 0 Å². The molecule has 0 aromatic heterocycles. The van der Waals surface area contributed by atoms with Gasteiger partial charge in [-0.05, 0) is 38.5 Å². The maximum absolute atomic E-state index is 12.8. The van der Waals surface area contributed by atoms with E-state index in [-0.39, 0.29) is 30.5 Å². The third kappa shape index (κ3) is 8.72. The fourth-order valence-electron chi connectivity index (χ4n) is 3.44. The highest BCUT2D eigenvalue weighted by molar-refractivity contribution is 5.84. The van der Waals surface area contributed by atoms with Crippen LogP contribution in [0.4, 0.5) is 0 Å². The number of Topliss-reactive ketones (excluding diaryl/α,β-unsaturated/α-hetero) is 1. The Hall–Kier alpha value is -1.39. The zero-order valence-corrected chi connectivity index (χ0v) is 13.9. The van der Waals surface area contributed by atoms with E-state index in [1.165, 1.54) is 6.42 Å². The highest BCUT2D eigenvalue weighted by Crippen LogP contribution is 2.27. The van der Waals surface area contributed by atoms with Gasteiger partial charge in [-0.15, -0.1) is 0 Å². The second-order valence-corrected chi connectivity index (χ2v) is 6.67. The molecule has 2 atom stereocenters. The molecule has 1 saturated carbocycles. The molecule has 1 fully saturated rings. The van der Waals surface area contributed by atoms with Crippen molar-refractivity contribution < 1.29 is 24.6 Å². The standard InChI is InChI=1S/C18H30O5/c19-16(20)12-10-14-8-6-4-2-1-3-5-7-9-15(18(14)23)11-13-17(21)22/h14-15H,1-13H2,(H,19,20)(H,21,22)/p-2/t14-,15+. The van der Waals surface area contributed by atoms with E-state index >= 15 is 0 Å². The highest BCUT2D eigenvalue weighted by Gasteiger charge is 2.26. The summed E-state index contributed by atoms with van der Waals surface area (Å²) in [7, 11) is 0. The van der Waals surface area contributed by atoms with Gasteiger partial charge in [-0.25, -0.2) is 0 Å². The van der Waals surface area contributed by atoms with E-state index < -0.39 is 11.9 Å². The summed E-state index contributed by atoms with van der Waals surface area (Å²) >= 11 is 0. The molecule has 0 spiro atoms. The molecule has 0 N–H and O–H groups in total. The summed E-state index contributed by atoms with van der Waals surface area (Å²) in [5, 5.41) is 21.4. The van der Waals surface area contributed by atoms with Crippen molar-refractivity contribution in [2.24, 2.45) is 11.8 Å². The minimum absolute atomic E-state index is 0.0491. The summed E-state index contributed by atoms with van der Waals surface area (Å²) in [5.74, 6) is -2.77. The predicted octanol–water partition coefficient (Wildman–Crippen LogP) is 1.37. The molecule has 0 radical (unpaired) electrons. The first-order valence-electron chi connectivity index (χ1n) is 8.94. The third-order valence-corrected chi connectivity index (χ3v) is 4.80. The lowest BCUT2D eigenvalue weighted by Gasteiger charge is -2.24. The van der Waals surface area contributed by atoms with Crippen LogP contribution in [0, 0.1) is 11.8 Å². The number of rotatable bonds is 6. The van der Waals surface area contributed by atoms with Crippen molar-refractivity contribution in [3.63, 3.8) is 0 Å². The number of carbonyl (C=O) groups excluding carboxylic acids is 3. The number of aliphatic carboxylic acids is 2. The fraction of sp³-hybridized carbons (Fsp3) is 0.833. The highest BCUT2D eigenvalue weighted by atomic mass is 16.4. The van der Waals surface area contributed by atoms with Crippen LogP contribution >= 0.6 is 0 Å². The average molecular weight is 324 g/mol. The summed E-state index contributed by atoms with van der Waals surface area (Å²) < 4.78 is 0. The zero-order chi connectivity index (χ0) is 17.1. The maximum Gasteiger partial charge on any atom is 0.139 e. The Kier molecular flexibility index (Phi) is 9.57. The molecule has 132 valence electrons. The quantitative estimate of drug-likeness (QED) is 0.735. The summed E-state index contributed by atoms with van der Waals surface area (Å²) in [6.07, 6.45) is 9.32. The average Bonchev–Trinajstić information content (AvgIpc) is 2.48. The number of carboxylic acid groups (broad SMARTS) is 2. The van der Waals surface area contributed by atoms with E-state index in [4.69, 9.17) is 0 Å². The summed E-state index contributed by atoms with van der Waals surface area (Å²) in [6, 6.07) is 0. The molecule has 23 heavy (non-hydrogen) atoms. The van der Waals surface area contributed by atoms with Crippen molar-refractivity contribution in [3.8, 4) is 0 Å². The molecule has 1 rings (SSSR count). The Morgan fingerprint density at radius 1 is 0.739 bits per heavy atom. The van der Waals surface area contributed by atoms with E-state index in [2.05, 4.69) is 0 Å². The number of carboxylic acids is 2. The Labute approximate surface area is 138 Å². The van der Waals surface area contributed by atoms with Gasteiger partial charge in [0.1, 0.15) is 5.78 Å². The van der Waals surface area contributed by atoms with Crippen LogP contribution in [0.3, 0.4) is 0 Å². The lowest BCUT2D eigenvalue weighted by molar-refractivity contribution is -0.307. The summed E-state index contributed by atoms with van der Waals surface area (Å²) in [4.78, 5) is 34.2. The Morgan fingerprint density at radius 3 is 1.43 bits per heavy atom. The molecule has 0 aromatic rings. The van der Waals surface area contributed by atoms with E-state index in [0.29, 0.717) is 25.7 Å². The van der Waals surface area contributed by atoms with E-state index in [9.17, 15) is 24.6 Å². The normalized spacial score (nSPS) is 24.4. The molecular formula is C18H28O5-2. The minimum atomic E-state index is -1.13. The molecule has 5 nitrogen and oxygen atoms in total. The fourth-order valence-corrected chi connectivity index (χ4v) is 3.44. The first-order chi connectivity index (χ1) is 11.0. The van der Waals surface area contributed by atoms with Gasteiger partial charge in [0.05, 0.1) is 0 Å². The van der Waals surface area contributed by atoms with Crippen LogP contribution in [0.5, 0.6) is 0 Å². The lowest BCUT2D eigenvalue weighted by Crippen LogP contribution is -2.29. The second kappa shape index (κ2) is 11.2. The molecule has 0 heterocycles. The number of hydrogen-bond donors (Lipinski definition) is 0. The molecule has 5 heteroatoms. The number of ketones is 1. The van der Waals surface area contributed by atoms with Crippen molar-refractivity contribution in [2.75, 3.05) is 0 Å². The molecular weight excluding hydrogens is 296 g/mol. The summed E-state index contributed by atoms with van der Waals surface area (Å²) in [6.45, 7) is 0. The van der Waals surface area contributed by atoms with Crippen molar-refractivity contribution in [2.45, 2.75) is 83.5 Å². The van der Waals surface area contributed by atoms with Crippen molar-refractivity contribution in [1.29, 1.82) is 0 Å². The molecule has 0 unspecified atom stereocenters. The van der Waals surface area contributed by atoms with E-state index in [1.54, 1.807) is 0 Å². The molecule has 1 aliphatic rings. The van der Waals surface area contributed by atoms with Crippen molar-refractivity contribution >= 4 is 17.7 Å². The van der Waals surface area contributed by atoms with Gasteiger partial charge in [-0.2, -0.15) is 0 Å². The van der Waals surface area contributed by atoms with Crippen LogP contribution in [0.1, 0.15) is 83.5 Å². The van der Waals surface area contributed by atoms with Crippen LogP contribution in [-0.2, 0) is 14.4 Å². The largest absolute Gasteiger partial charge is 0.550 e. The third-order valence-electron chi connectivity index (χ3n) is 4.80. The molecule has 0 aromatic carbocycles. The first-order valence-corrected chi connectivity index (χ1v) is 8.94. The van der Waals surface area contributed by atoms with E-state index in [0.717, 1.165) is 38.5 Å². The smallest absolute Gasteiger partial charge is 0.139 e. The van der Waals surface area contributed by atoms with Crippen LogP contribution in [0.15, 0.2) is 0 Å². The zero-order valence-electron chi connectivity index (χ0n) is 13.9. The monoisotopic (exact) mass is 324 g/mol. The van der Waals surface area contributed by atoms with Gasteiger partial charge in [0.2, 0.25) is 0 Å². The van der Waals surface area contributed by atoms with Crippen LogP contribution in [0.2, 0.25) is 0 Å². The maximum atomic E-state index is 12.8. The van der Waals surface area contributed by atoms with Gasteiger partial charge in [-0.1, -0.05) is 44.9 Å². The Balaban J connectivity index is 2.72. The molecule has 0 bridgehead atoms. The van der Waals surface area contributed by atoms with Gasteiger partial charge >= 0.3 is 0 Å². The Morgan fingerprint density at radius 2 is 1.09 bits per heavy atom. The number of hydrogen-bond acceptors (Lipinski definition) is 5. The SMILES string of the molecule is O=C([O-])CC[C@H]1CCCCCCCCC[C@@H](CCC(=O)[O-])C1=O. The van der Waals surface area contributed by atoms with Crippen LogP contribution in [-0.4, -0.2) is 17.7 Å². The van der Waals surface area contributed by atoms with Gasteiger partial charge in [0, 0.05) is 23.8 Å². The van der Waals surface area contributed by atoms with Crippen molar-refractivity contribution in [3.05, 3.63) is 0 Å². The molecule has 0 aliphatic heterocycles. The van der Waals surface area contributed by atoms with E-state index in [1.807, 2.05) is 0 Å². The predicted molar refractivity (Wildman–Crippen MR) is 82.0 cm³/mol. The molecule has 1 aliphatic carbocycles. The van der Waals surface area contributed by atoms with Crippen molar-refractivity contribution in [1.82, 2.24) is 0 Å². The van der Waals surface area contributed by atoms with Crippen LogP contribution in [0.25, 0.3) is 0 Å². The van der Waals surface area contributed by atoms with Gasteiger partial charge < -0.3 is 19.8 Å². The van der Waals surface area contributed by atoms with Crippen LogP contribution < -0.4 is 10.2 Å².